The number of nitrogens with zero attached hydrogens (tertiary/aromatic N) is 3. The first-order valence-electron chi connectivity index (χ1n) is 8.68. The fourth-order valence-corrected chi connectivity index (χ4v) is 3.49. The van der Waals surface area contributed by atoms with E-state index in [0.29, 0.717) is 11.4 Å². The summed E-state index contributed by atoms with van der Waals surface area (Å²) in [5.41, 5.74) is 0.335. The molecule has 0 amide bonds. The standard InChI is InChI=1S/C15H13F2N2Si.C7H7NO.Ir/c1-18-15-12(16)6-5-11(14(15)17)13-9-10(7-8-19-13)20(2,3)4;1-6(9)7-4-2-3-5-8-7;/h6-9H,2-4H3;2-5,9H,1H2;/q-1;;. The van der Waals surface area contributed by atoms with Gasteiger partial charge in [-0.05, 0) is 23.9 Å². The Hall–Kier alpha value is -2.72. The summed E-state index contributed by atoms with van der Waals surface area (Å²) in [5, 5.41) is 9.88. The van der Waals surface area contributed by atoms with Crippen molar-refractivity contribution in [2.45, 2.75) is 19.6 Å². The van der Waals surface area contributed by atoms with E-state index in [9.17, 15) is 8.78 Å². The topological polar surface area (TPSA) is 50.4 Å². The smallest absolute Gasteiger partial charge is 0.176 e. The van der Waals surface area contributed by atoms with Crippen LogP contribution in [-0.2, 0) is 20.1 Å². The molecular weight excluding hydrogens is 581 g/mol. The molecule has 0 aliphatic carbocycles. The third-order valence-corrected chi connectivity index (χ3v) is 5.99. The SMILES string of the molecule is C=C(O)c1ccccn1.[C-]#[N+]c1c(F)c[c-]c(-c2cc([Si](C)(C)C)ccn2)c1F.[Ir]. The molecule has 4 nitrogen and oxygen atoms in total. The molecule has 0 aliphatic rings. The average Bonchev–Trinajstić information content (AvgIpc) is 2.69. The normalized spacial score (nSPS) is 10.1. The number of aromatic nitrogens is 2. The van der Waals surface area contributed by atoms with Crippen molar-refractivity contribution in [3.63, 3.8) is 0 Å². The van der Waals surface area contributed by atoms with Crippen LogP contribution in [0.3, 0.4) is 0 Å². The van der Waals surface area contributed by atoms with E-state index in [1.807, 2.05) is 6.07 Å². The van der Waals surface area contributed by atoms with Crippen LogP contribution in [0.1, 0.15) is 5.69 Å². The minimum Gasteiger partial charge on any atom is -0.506 e. The molecule has 2 aromatic heterocycles. The Bertz CT molecular complexity index is 1060. The predicted molar refractivity (Wildman–Crippen MR) is 114 cm³/mol. The van der Waals surface area contributed by atoms with Crippen molar-refractivity contribution >= 4 is 24.7 Å². The molecule has 1 radical (unpaired) electrons. The van der Waals surface area contributed by atoms with E-state index in [1.165, 1.54) is 0 Å². The maximum Gasteiger partial charge on any atom is 0.176 e. The van der Waals surface area contributed by atoms with Crippen molar-refractivity contribution in [1.29, 1.82) is 0 Å². The molecule has 0 atom stereocenters. The van der Waals surface area contributed by atoms with Crippen LogP contribution in [0.5, 0.6) is 0 Å². The van der Waals surface area contributed by atoms with Gasteiger partial charge in [0.1, 0.15) is 11.5 Å². The molecule has 3 aromatic rings. The maximum atomic E-state index is 14.1. The van der Waals surface area contributed by atoms with Gasteiger partial charge in [0.05, 0.1) is 14.6 Å². The van der Waals surface area contributed by atoms with Crippen molar-refractivity contribution in [3.8, 4) is 11.3 Å². The van der Waals surface area contributed by atoms with Crippen molar-refractivity contribution in [1.82, 2.24) is 9.97 Å². The second kappa shape index (κ2) is 10.9. The molecule has 157 valence electrons. The monoisotopic (exact) mass is 601 g/mol. The molecular formula is C22H20F2IrN3OSi-. The summed E-state index contributed by atoms with van der Waals surface area (Å²) in [6, 6.07) is 12.5. The summed E-state index contributed by atoms with van der Waals surface area (Å²) < 4.78 is 27.5. The first-order valence-corrected chi connectivity index (χ1v) is 12.2. The third-order valence-electron chi connectivity index (χ3n) is 3.95. The molecule has 1 aromatic carbocycles. The van der Waals surface area contributed by atoms with Gasteiger partial charge in [-0.2, -0.15) is 0 Å². The molecule has 2 heterocycles. The number of aliphatic hydroxyl groups is 1. The second-order valence-corrected chi connectivity index (χ2v) is 12.2. The first kappa shape index (κ1) is 25.3. The Kier molecular flexibility index (Phi) is 9.18. The summed E-state index contributed by atoms with van der Waals surface area (Å²) in [4.78, 5) is 10.8. The van der Waals surface area contributed by atoms with Gasteiger partial charge in [-0.15, -0.1) is 17.7 Å². The fraction of sp³-hybridized carbons (Fsp3) is 0.136. The van der Waals surface area contributed by atoms with Gasteiger partial charge in [-0.1, -0.05) is 43.5 Å². The summed E-state index contributed by atoms with van der Waals surface area (Å²) in [6.07, 6.45) is 3.22. The zero-order valence-electron chi connectivity index (χ0n) is 16.7. The van der Waals surface area contributed by atoms with E-state index < -0.39 is 25.4 Å². The Morgan fingerprint density at radius 3 is 2.37 bits per heavy atom. The minimum atomic E-state index is -1.56. The van der Waals surface area contributed by atoms with Crippen LogP contribution in [0, 0.1) is 24.3 Å². The largest absolute Gasteiger partial charge is 0.506 e. The number of rotatable bonds is 3. The Morgan fingerprint density at radius 2 is 1.87 bits per heavy atom. The number of halogens is 2. The maximum absolute atomic E-state index is 14.1. The van der Waals surface area contributed by atoms with E-state index in [0.717, 1.165) is 11.3 Å². The van der Waals surface area contributed by atoms with Gasteiger partial charge in [0.25, 0.3) is 0 Å². The summed E-state index contributed by atoms with van der Waals surface area (Å²) in [5.74, 6) is -1.79. The summed E-state index contributed by atoms with van der Waals surface area (Å²) in [6.45, 7) is 16.7. The predicted octanol–water partition coefficient (Wildman–Crippen LogP) is 5.53. The zero-order valence-corrected chi connectivity index (χ0v) is 20.1. The Labute approximate surface area is 189 Å². The molecule has 0 unspecified atom stereocenters. The van der Waals surface area contributed by atoms with Crippen LogP contribution in [0.25, 0.3) is 21.9 Å². The molecule has 0 bridgehead atoms. The van der Waals surface area contributed by atoms with Gasteiger partial charge in [-0.25, -0.2) is 0 Å². The van der Waals surface area contributed by atoms with Gasteiger partial charge in [-0.3, -0.25) is 18.6 Å². The fourth-order valence-electron chi connectivity index (χ4n) is 2.35. The van der Waals surface area contributed by atoms with Crippen LogP contribution in [0.2, 0.25) is 19.6 Å². The molecule has 0 saturated carbocycles. The minimum absolute atomic E-state index is 0. The van der Waals surface area contributed by atoms with Gasteiger partial charge in [0.2, 0.25) is 0 Å². The molecule has 0 spiro atoms. The van der Waals surface area contributed by atoms with E-state index >= 15 is 0 Å². The molecule has 0 saturated heterocycles. The Morgan fingerprint density at radius 1 is 1.17 bits per heavy atom. The summed E-state index contributed by atoms with van der Waals surface area (Å²) >= 11 is 0. The van der Waals surface area contributed by atoms with E-state index in [2.05, 4.69) is 47.1 Å². The van der Waals surface area contributed by atoms with Gasteiger partial charge in [0, 0.05) is 44.1 Å². The number of hydrogen-bond donors (Lipinski definition) is 1. The quantitative estimate of drug-likeness (QED) is 0.244. The van der Waals surface area contributed by atoms with Gasteiger partial charge in [0.15, 0.2) is 5.69 Å². The molecule has 30 heavy (non-hydrogen) atoms. The third kappa shape index (κ3) is 6.39. The van der Waals surface area contributed by atoms with E-state index in [4.69, 9.17) is 11.7 Å². The zero-order chi connectivity index (χ0) is 21.6. The van der Waals surface area contributed by atoms with E-state index in [1.54, 1.807) is 36.7 Å². The molecule has 1 N–H and O–H groups in total. The number of hydrogen-bond acceptors (Lipinski definition) is 3. The van der Waals surface area contributed by atoms with Gasteiger partial charge >= 0.3 is 0 Å². The number of benzene rings is 1. The molecule has 0 aliphatic heterocycles. The van der Waals surface area contributed by atoms with Crippen LogP contribution >= 0.6 is 0 Å². The van der Waals surface area contributed by atoms with Crippen molar-refractivity contribution in [2.24, 2.45) is 0 Å². The summed E-state index contributed by atoms with van der Waals surface area (Å²) in [7, 11) is -1.56. The number of pyridine rings is 2. The van der Waals surface area contributed by atoms with Crippen LogP contribution in [0.4, 0.5) is 14.5 Å². The number of aliphatic hydroxyl groups excluding tert-OH is 1. The second-order valence-electron chi connectivity index (χ2n) is 7.13. The van der Waals surface area contributed by atoms with Crippen LogP contribution in [0.15, 0.2) is 55.4 Å². The van der Waals surface area contributed by atoms with Crippen molar-refractivity contribution in [2.75, 3.05) is 0 Å². The average molecular weight is 601 g/mol. The van der Waals surface area contributed by atoms with Gasteiger partial charge < -0.3 is 10.1 Å². The van der Waals surface area contributed by atoms with Crippen LogP contribution in [-0.4, -0.2) is 23.1 Å². The van der Waals surface area contributed by atoms with Crippen molar-refractivity contribution < 1.29 is 34.0 Å². The van der Waals surface area contributed by atoms with E-state index in [-0.39, 0.29) is 31.4 Å². The van der Waals surface area contributed by atoms with Crippen LogP contribution < -0.4 is 5.19 Å². The molecule has 8 heteroatoms. The molecule has 0 fully saturated rings. The molecule has 3 rings (SSSR count). The first-order chi connectivity index (χ1) is 13.6. The van der Waals surface area contributed by atoms with Crippen molar-refractivity contribution in [3.05, 3.63) is 90.2 Å². The Balaban J connectivity index is 0.000000379.